The van der Waals surface area contributed by atoms with E-state index in [2.05, 4.69) is 12.0 Å². The summed E-state index contributed by atoms with van der Waals surface area (Å²) in [6.45, 7) is 5.73. The fourth-order valence-corrected chi connectivity index (χ4v) is 1.79. The Morgan fingerprint density at radius 1 is 1.35 bits per heavy atom. The van der Waals surface area contributed by atoms with E-state index in [1.54, 1.807) is 21.0 Å². The lowest BCUT2D eigenvalue weighted by Gasteiger charge is -2.29. The summed E-state index contributed by atoms with van der Waals surface area (Å²) in [5.41, 5.74) is 3.17. The first kappa shape index (κ1) is 16.1. The third kappa shape index (κ3) is 8.84. The Balaban J connectivity index is 4.02. The zero-order chi connectivity index (χ0) is 13.7. The molecule has 0 saturated heterocycles. The van der Waals surface area contributed by atoms with Gasteiger partial charge in [0.25, 0.3) is 16.0 Å². The van der Waals surface area contributed by atoms with Crippen LogP contribution in [0, 0.1) is 0 Å². The van der Waals surface area contributed by atoms with Crippen LogP contribution in [0.1, 0.15) is 19.8 Å². The predicted molar refractivity (Wildman–Crippen MR) is 65.6 cm³/mol. The Bertz CT molecular complexity index is 387. The average molecular weight is 265 g/mol. The second kappa shape index (κ2) is 6.13. The van der Waals surface area contributed by atoms with Gasteiger partial charge < -0.3 is 0 Å². The fourth-order valence-electron chi connectivity index (χ4n) is 1.22. The van der Waals surface area contributed by atoms with E-state index in [0.29, 0.717) is 25.0 Å². The summed E-state index contributed by atoms with van der Waals surface area (Å²) in [5.74, 6) is -0.480. The van der Waals surface area contributed by atoms with Crippen LogP contribution in [0.5, 0.6) is 0 Å². The van der Waals surface area contributed by atoms with E-state index >= 15 is 0 Å². The van der Waals surface area contributed by atoms with Crippen molar-refractivity contribution in [3.63, 3.8) is 0 Å². The molecule has 7 heteroatoms. The highest BCUT2D eigenvalue weighted by Gasteiger charge is 2.19. The van der Waals surface area contributed by atoms with Crippen molar-refractivity contribution in [1.29, 1.82) is 0 Å². The smallest absolute Gasteiger partial charge is 0.286 e. The summed E-state index contributed by atoms with van der Waals surface area (Å²) in [6, 6.07) is 0. The third-order valence-corrected chi connectivity index (χ3v) is 2.97. The maximum atomic E-state index is 11.4. The van der Waals surface area contributed by atoms with E-state index in [-0.39, 0.29) is 16.3 Å². The number of nitrogens with one attached hydrogen (secondary N) is 1. The van der Waals surface area contributed by atoms with Gasteiger partial charge in [0.15, 0.2) is 0 Å². The maximum Gasteiger partial charge on any atom is 0.290 e. The molecule has 0 aromatic rings. The molecule has 17 heavy (non-hydrogen) atoms. The van der Waals surface area contributed by atoms with Gasteiger partial charge in [0, 0.05) is 5.57 Å². The zero-order valence-corrected chi connectivity index (χ0v) is 11.4. The molecule has 0 aliphatic rings. The number of hydrogen-bond acceptors (Lipinski definition) is 3. The Morgan fingerprint density at radius 3 is 2.29 bits per heavy atom. The first-order chi connectivity index (χ1) is 7.53. The van der Waals surface area contributed by atoms with E-state index in [1.807, 2.05) is 0 Å². The number of carbonyl (C=O) groups excluding carboxylic acids is 1. The van der Waals surface area contributed by atoms with Gasteiger partial charge in [0.05, 0.1) is 19.8 Å². The predicted octanol–water partition coefficient (Wildman–Crippen LogP) is 0.338. The Hall–Kier alpha value is -0.920. The van der Waals surface area contributed by atoms with Gasteiger partial charge in [-0.05, 0) is 19.8 Å². The summed E-state index contributed by atoms with van der Waals surface area (Å²) in [6.07, 6.45) is 0.951. The van der Waals surface area contributed by atoms with Crippen LogP contribution in [0.4, 0.5) is 0 Å². The van der Waals surface area contributed by atoms with E-state index in [4.69, 9.17) is 4.55 Å². The zero-order valence-electron chi connectivity index (χ0n) is 10.6. The molecule has 1 amide bonds. The molecule has 0 bridgehead atoms. The van der Waals surface area contributed by atoms with Crippen molar-refractivity contribution >= 4 is 16.0 Å². The van der Waals surface area contributed by atoms with Crippen molar-refractivity contribution in [2.45, 2.75) is 19.8 Å². The van der Waals surface area contributed by atoms with Crippen LogP contribution >= 0.6 is 0 Å². The lowest BCUT2D eigenvalue weighted by molar-refractivity contribution is -0.925. The summed E-state index contributed by atoms with van der Waals surface area (Å²) < 4.78 is 29.8. The summed E-state index contributed by atoms with van der Waals surface area (Å²) in [4.78, 5) is 11.4. The molecule has 0 aliphatic carbocycles. The van der Waals surface area contributed by atoms with Gasteiger partial charge in [-0.3, -0.25) is 9.35 Å². The van der Waals surface area contributed by atoms with Crippen LogP contribution in [0.25, 0.3) is 0 Å². The molecule has 6 nitrogen and oxygen atoms in total. The second-order valence-corrected chi connectivity index (χ2v) is 6.20. The number of unbranched alkanes of at least 4 members (excludes halogenated alkanes) is 1. The number of hydrogen-bond donors (Lipinski definition) is 2. The highest BCUT2D eigenvalue weighted by Crippen LogP contribution is 2.01. The number of amides is 1. The SMILES string of the molecule is C=C(C)C(=O)N[N+](C)(C)CCCCS(=O)(=O)O. The minimum absolute atomic E-state index is 0.232. The number of rotatable bonds is 7. The lowest BCUT2D eigenvalue weighted by Crippen LogP contribution is -2.55. The number of nitrogens with zero attached hydrogens (tertiary/aromatic N) is 1. The van der Waals surface area contributed by atoms with Gasteiger partial charge in [-0.2, -0.15) is 13.8 Å². The van der Waals surface area contributed by atoms with Gasteiger partial charge in [-0.15, -0.1) is 0 Å². The molecule has 0 atom stereocenters. The Labute approximate surface area is 103 Å². The molecular formula is C10H21N2O4S+. The molecule has 0 aliphatic heterocycles. The van der Waals surface area contributed by atoms with Crippen LogP contribution in [0.3, 0.4) is 0 Å². The van der Waals surface area contributed by atoms with E-state index in [0.717, 1.165) is 0 Å². The minimum atomic E-state index is -3.89. The van der Waals surface area contributed by atoms with Crippen LogP contribution < -0.4 is 5.43 Å². The maximum absolute atomic E-state index is 11.4. The van der Waals surface area contributed by atoms with Crippen LogP contribution in [-0.2, 0) is 14.9 Å². The quantitative estimate of drug-likeness (QED) is 0.228. The average Bonchev–Trinajstić information content (AvgIpc) is 2.10. The molecular weight excluding hydrogens is 244 g/mol. The Morgan fingerprint density at radius 2 is 1.88 bits per heavy atom. The van der Waals surface area contributed by atoms with Gasteiger partial charge in [-0.1, -0.05) is 6.58 Å². The van der Waals surface area contributed by atoms with Crippen molar-refractivity contribution in [1.82, 2.24) is 5.43 Å². The lowest BCUT2D eigenvalue weighted by atomic mass is 10.3. The molecule has 0 unspecified atom stereocenters. The molecule has 2 N–H and O–H groups in total. The third-order valence-electron chi connectivity index (χ3n) is 2.16. The van der Waals surface area contributed by atoms with Gasteiger partial charge >= 0.3 is 0 Å². The Kier molecular flexibility index (Phi) is 5.80. The van der Waals surface area contributed by atoms with E-state index in [9.17, 15) is 13.2 Å². The summed E-state index contributed by atoms with van der Waals surface area (Å²) >= 11 is 0. The van der Waals surface area contributed by atoms with Crippen LogP contribution in [0.2, 0.25) is 0 Å². The monoisotopic (exact) mass is 265 g/mol. The molecule has 100 valence electrons. The van der Waals surface area contributed by atoms with Crippen molar-refractivity contribution in [2.24, 2.45) is 0 Å². The number of carbonyl (C=O) groups is 1. The molecule has 0 spiro atoms. The van der Waals surface area contributed by atoms with Crippen molar-refractivity contribution in [2.75, 3.05) is 26.4 Å². The van der Waals surface area contributed by atoms with E-state index < -0.39 is 10.1 Å². The fraction of sp³-hybridized carbons (Fsp3) is 0.700. The van der Waals surface area contributed by atoms with Crippen LogP contribution in [-0.4, -0.2) is 49.9 Å². The second-order valence-electron chi connectivity index (χ2n) is 4.62. The molecule has 0 saturated carbocycles. The highest BCUT2D eigenvalue weighted by molar-refractivity contribution is 7.85. The normalized spacial score (nSPS) is 12.2. The van der Waals surface area contributed by atoms with E-state index in [1.165, 1.54) is 0 Å². The number of quaternary nitrogens is 1. The first-order valence-corrected chi connectivity index (χ1v) is 6.91. The van der Waals surface area contributed by atoms with Gasteiger partial charge in [0.1, 0.15) is 6.54 Å². The molecule has 0 heterocycles. The largest absolute Gasteiger partial charge is 0.290 e. The summed E-state index contributed by atoms with van der Waals surface area (Å²) in [5, 5.41) is 0. The molecule has 0 fully saturated rings. The summed E-state index contributed by atoms with van der Waals surface area (Å²) in [7, 11) is -0.287. The van der Waals surface area contributed by atoms with Gasteiger partial charge in [0.2, 0.25) is 0 Å². The van der Waals surface area contributed by atoms with Crippen LogP contribution in [0.15, 0.2) is 12.2 Å². The topological polar surface area (TPSA) is 83.5 Å². The van der Waals surface area contributed by atoms with Crippen molar-refractivity contribution in [3.05, 3.63) is 12.2 Å². The highest BCUT2D eigenvalue weighted by atomic mass is 32.2. The van der Waals surface area contributed by atoms with Crippen molar-refractivity contribution in [3.8, 4) is 0 Å². The first-order valence-electron chi connectivity index (χ1n) is 5.30. The molecule has 0 radical (unpaired) electrons. The molecule has 0 aromatic heterocycles. The molecule has 0 rings (SSSR count). The van der Waals surface area contributed by atoms with Gasteiger partial charge in [-0.25, -0.2) is 4.59 Å². The van der Waals surface area contributed by atoms with Crippen molar-refractivity contribution < 1.29 is 22.4 Å². The standard InChI is InChI=1S/C10H20N2O4S/c1-9(2)10(13)11-12(3,4)7-5-6-8-17(14,15)16/h1,5-8H2,2-4H3,(H-,11,13,14,15,16)/p+1. The molecule has 0 aromatic carbocycles. The minimum Gasteiger partial charge on any atom is -0.286 e.